The molecule has 1 aliphatic heterocycles. The summed E-state index contributed by atoms with van der Waals surface area (Å²) in [5, 5.41) is 4.64. The summed E-state index contributed by atoms with van der Waals surface area (Å²) < 4.78 is 30.6. The van der Waals surface area contributed by atoms with Crippen LogP contribution in [0.4, 0.5) is 10.5 Å². The molecule has 26 heavy (non-hydrogen) atoms. The van der Waals surface area contributed by atoms with Crippen molar-refractivity contribution in [1.82, 2.24) is 15.5 Å². The first kappa shape index (κ1) is 20.2. The smallest absolute Gasteiger partial charge is 0.321 e. The van der Waals surface area contributed by atoms with Crippen molar-refractivity contribution in [2.24, 2.45) is 4.36 Å². The lowest BCUT2D eigenvalue weighted by molar-refractivity contribution is -0.125. The van der Waals surface area contributed by atoms with Gasteiger partial charge in [-0.05, 0) is 17.7 Å². The number of benzene rings is 1. The highest BCUT2D eigenvalue weighted by molar-refractivity contribution is 7.99. The van der Waals surface area contributed by atoms with Gasteiger partial charge in [0.1, 0.15) is 17.5 Å². The molecule has 0 saturated carbocycles. The molecule has 1 aliphatic rings. The van der Waals surface area contributed by atoms with Crippen LogP contribution in [0.25, 0.3) is 0 Å². The van der Waals surface area contributed by atoms with Crippen LogP contribution >= 0.6 is 11.8 Å². The maximum atomic E-state index is 12.7. The first-order chi connectivity index (χ1) is 12.5. The largest absolute Gasteiger partial charge is 0.494 e. The highest BCUT2D eigenvalue weighted by Crippen LogP contribution is 2.33. The standard InChI is InChI=1S/C15H20N4O5S2/c1-16-15(21)17-14(20)13(19-5-7-25-8-6-19)10-3-4-12(24-2)11(9-10)18-26(22)23/h3-4,9,13H,5-8H2,1-2H3,(H2,16,17,20,21). The number of thioether (sulfide) groups is 1. The van der Waals surface area contributed by atoms with Gasteiger partial charge in [0.25, 0.3) is 0 Å². The highest BCUT2D eigenvalue weighted by atomic mass is 32.2. The molecule has 0 radical (unpaired) electrons. The molecule has 0 spiro atoms. The predicted octanol–water partition coefficient (Wildman–Crippen LogP) is 0.935. The molecule has 142 valence electrons. The van der Waals surface area contributed by atoms with Crippen molar-refractivity contribution in [3.05, 3.63) is 23.8 Å². The van der Waals surface area contributed by atoms with Gasteiger partial charge in [0, 0.05) is 31.6 Å². The van der Waals surface area contributed by atoms with Gasteiger partial charge in [-0.2, -0.15) is 20.2 Å². The second kappa shape index (κ2) is 9.55. The summed E-state index contributed by atoms with van der Waals surface area (Å²) in [5.74, 6) is 1.51. The summed E-state index contributed by atoms with van der Waals surface area (Å²) in [6, 6.07) is 3.37. The van der Waals surface area contributed by atoms with E-state index in [0.29, 0.717) is 18.7 Å². The number of carbonyl (C=O) groups excluding carboxylic acids is 2. The number of urea groups is 1. The predicted molar refractivity (Wildman–Crippen MR) is 98.2 cm³/mol. The molecule has 0 aromatic heterocycles. The minimum absolute atomic E-state index is 0.0995. The molecule has 1 unspecified atom stereocenters. The van der Waals surface area contributed by atoms with E-state index < -0.39 is 28.5 Å². The van der Waals surface area contributed by atoms with Crippen LogP contribution in [0.3, 0.4) is 0 Å². The van der Waals surface area contributed by atoms with Crippen molar-refractivity contribution >= 4 is 39.9 Å². The molecule has 2 N–H and O–H groups in total. The van der Waals surface area contributed by atoms with Gasteiger partial charge in [0.05, 0.1) is 7.11 Å². The van der Waals surface area contributed by atoms with E-state index in [9.17, 15) is 18.0 Å². The van der Waals surface area contributed by atoms with Crippen LogP contribution in [0.5, 0.6) is 5.75 Å². The number of carbonyl (C=O) groups is 2. The average molecular weight is 400 g/mol. The van der Waals surface area contributed by atoms with E-state index in [-0.39, 0.29) is 11.4 Å². The maximum Gasteiger partial charge on any atom is 0.321 e. The van der Waals surface area contributed by atoms with E-state index in [1.165, 1.54) is 20.2 Å². The van der Waals surface area contributed by atoms with Crippen molar-refractivity contribution in [2.45, 2.75) is 6.04 Å². The summed E-state index contributed by atoms with van der Waals surface area (Å²) in [5.41, 5.74) is 0.630. The molecule has 0 aliphatic carbocycles. The van der Waals surface area contributed by atoms with Crippen molar-refractivity contribution < 1.29 is 22.7 Å². The Morgan fingerprint density at radius 3 is 2.58 bits per heavy atom. The van der Waals surface area contributed by atoms with Gasteiger partial charge < -0.3 is 10.1 Å². The van der Waals surface area contributed by atoms with Crippen LogP contribution in [-0.4, -0.2) is 64.0 Å². The Hall–Kier alpha value is -2.11. The fraction of sp³-hybridized carbons (Fsp3) is 0.467. The zero-order valence-corrected chi connectivity index (χ0v) is 16.0. The molecule has 1 aromatic carbocycles. The van der Waals surface area contributed by atoms with Gasteiger partial charge in [-0.1, -0.05) is 6.07 Å². The molecule has 1 heterocycles. The minimum Gasteiger partial charge on any atom is -0.494 e. The van der Waals surface area contributed by atoms with Crippen LogP contribution in [0, 0.1) is 0 Å². The number of rotatable bonds is 5. The molecular weight excluding hydrogens is 380 g/mol. The third-order valence-corrected chi connectivity index (χ3v) is 5.10. The van der Waals surface area contributed by atoms with E-state index in [4.69, 9.17) is 4.74 Å². The van der Waals surface area contributed by atoms with Gasteiger partial charge >= 0.3 is 16.5 Å². The molecule has 1 saturated heterocycles. The van der Waals surface area contributed by atoms with Gasteiger partial charge in [0.15, 0.2) is 0 Å². The number of ether oxygens (including phenoxy) is 1. The number of amides is 3. The summed E-state index contributed by atoms with van der Waals surface area (Å²) >= 11 is 1.79. The number of imide groups is 1. The van der Waals surface area contributed by atoms with Gasteiger partial charge in [-0.25, -0.2) is 4.79 Å². The SMILES string of the molecule is CNC(=O)NC(=O)C(c1ccc(OC)c(N=S(=O)=O)c1)N1CCSCC1. The lowest BCUT2D eigenvalue weighted by Gasteiger charge is -2.33. The van der Waals surface area contributed by atoms with Crippen LogP contribution in [-0.2, 0) is 15.3 Å². The van der Waals surface area contributed by atoms with Crippen molar-refractivity contribution in [1.29, 1.82) is 0 Å². The molecule has 3 amide bonds. The van der Waals surface area contributed by atoms with E-state index >= 15 is 0 Å². The van der Waals surface area contributed by atoms with Crippen molar-refractivity contribution in [2.75, 3.05) is 38.8 Å². The maximum absolute atomic E-state index is 12.7. The minimum atomic E-state index is -2.66. The molecule has 1 fully saturated rings. The number of nitrogens with zero attached hydrogens (tertiary/aromatic N) is 2. The molecule has 2 rings (SSSR count). The molecular formula is C15H20N4O5S2. The Morgan fingerprint density at radius 2 is 2.00 bits per heavy atom. The zero-order chi connectivity index (χ0) is 19.1. The Labute approximate surface area is 157 Å². The zero-order valence-electron chi connectivity index (χ0n) is 14.4. The van der Waals surface area contributed by atoms with E-state index in [0.717, 1.165) is 11.5 Å². The lowest BCUT2D eigenvalue weighted by Crippen LogP contribution is -2.47. The van der Waals surface area contributed by atoms with Crippen molar-refractivity contribution in [3.8, 4) is 5.75 Å². The fourth-order valence-corrected chi connectivity index (χ4v) is 3.87. The van der Waals surface area contributed by atoms with E-state index in [2.05, 4.69) is 15.0 Å². The summed E-state index contributed by atoms with van der Waals surface area (Å²) in [4.78, 5) is 26.2. The summed E-state index contributed by atoms with van der Waals surface area (Å²) in [6.07, 6.45) is 0. The number of hydrogen-bond acceptors (Lipinski definition) is 8. The molecule has 9 nitrogen and oxygen atoms in total. The normalized spacial score (nSPS) is 15.6. The topological polar surface area (TPSA) is 117 Å². The molecule has 11 heteroatoms. The Kier molecular flexibility index (Phi) is 7.42. The van der Waals surface area contributed by atoms with Crippen LogP contribution < -0.4 is 15.4 Å². The first-order valence-corrected chi connectivity index (χ1v) is 9.98. The molecule has 1 atom stereocenters. The monoisotopic (exact) mass is 400 g/mol. The van der Waals surface area contributed by atoms with Crippen molar-refractivity contribution in [3.63, 3.8) is 0 Å². The van der Waals surface area contributed by atoms with Gasteiger partial charge in [-0.15, -0.1) is 4.36 Å². The second-order valence-electron chi connectivity index (χ2n) is 5.36. The summed E-state index contributed by atoms with van der Waals surface area (Å²) in [6.45, 7) is 1.34. The third kappa shape index (κ3) is 5.19. The molecule has 1 aromatic rings. The second-order valence-corrected chi connectivity index (χ2v) is 7.20. The van der Waals surface area contributed by atoms with E-state index in [1.54, 1.807) is 23.9 Å². The van der Waals surface area contributed by atoms with Crippen LogP contribution in [0.2, 0.25) is 0 Å². The van der Waals surface area contributed by atoms with Crippen LogP contribution in [0.1, 0.15) is 11.6 Å². The fourth-order valence-electron chi connectivity index (χ4n) is 2.64. The Morgan fingerprint density at radius 1 is 1.31 bits per heavy atom. The third-order valence-electron chi connectivity index (χ3n) is 3.81. The number of methoxy groups -OCH3 is 1. The lowest BCUT2D eigenvalue weighted by atomic mass is 10.0. The Balaban J connectivity index is 2.45. The number of nitrogens with one attached hydrogen (secondary N) is 2. The van der Waals surface area contributed by atoms with Gasteiger partial charge in [0.2, 0.25) is 5.91 Å². The van der Waals surface area contributed by atoms with Gasteiger partial charge in [-0.3, -0.25) is 15.0 Å². The first-order valence-electron chi connectivity index (χ1n) is 7.79. The quantitative estimate of drug-likeness (QED) is 0.755. The van der Waals surface area contributed by atoms with E-state index in [1.807, 2.05) is 4.90 Å². The summed E-state index contributed by atoms with van der Waals surface area (Å²) in [7, 11) is 0.159. The highest BCUT2D eigenvalue weighted by Gasteiger charge is 2.30. The van der Waals surface area contributed by atoms with Crippen LogP contribution in [0.15, 0.2) is 22.6 Å². The average Bonchev–Trinajstić information content (AvgIpc) is 2.62. The number of hydrogen-bond donors (Lipinski definition) is 2. The Bertz CT molecular complexity index is 798. The molecule has 0 bridgehead atoms.